The molecule has 0 unspecified atom stereocenters. The van der Waals surface area contributed by atoms with Crippen LogP contribution in [0.4, 0.5) is 5.69 Å². The predicted octanol–water partition coefficient (Wildman–Crippen LogP) is 4.02. The highest BCUT2D eigenvalue weighted by Crippen LogP contribution is 2.24. The van der Waals surface area contributed by atoms with Crippen LogP contribution in [0, 0.1) is 13.8 Å². The summed E-state index contributed by atoms with van der Waals surface area (Å²) in [6, 6.07) is 10.5. The average Bonchev–Trinajstić information content (AvgIpc) is 2.59. The number of aromatic nitrogens is 1. The van der Waals surface area contributed by atoms with Gasteiger partial charge in [0.15, 0.2) is 5.11 Å². The Bertz CT molecular complexity index is 680. The Morgan fingerprint density at radius 2 is 1.80 bits per heavy atom. The molecule has 0 saturated carbocycles. The Hall–Kier alpha value is -1.98. The second kappa shape index (κ2) is 8.92. The summed E-state index contributed by atoms with van der Waals surface area (Å²) in [6.45, 7) is 8.16. The Morgan fingerprint density at radius 3 is 2.36 bits per heavy atom. The van der Waals surface area contributed by atoms with Crippen LogP contribution in [0.1, 0.15) is 29.7 Å². The molecule has 0 fully saturated rings. The topological polar surface area (TPSA) is 31.4 Å². The third-order valence-corrected chi connectivity index (χ3v) is 4.73. The molecule has 0 amide bonds. The van der Waals surface area contributed by atoms with Gasteiger partial charge in [-0.2, -0.15) is 0 Å². The van der Waals surface area contributed by atoms with Crippen molar-refractivity contribution in [1.82, 2.24) is 14.8 Å². The van der Waals surface area contributed by atoms with E-state index in [2.05, 4.69) is 79.2 Å². The van der Waals surface area contributed by atoms with Crippen molar-refractivity contribution in [2.75, 3.05) is 32.5 Å². The Labute approximate surface area is 156 Å². The van der Waals surface area contributed by atoms with Gasteiger partial charge < -0.3 is 15.1 Å². The van der Waals surface area contributed by atoms with E-state index >= 15 is 0 Å². The van der Waals surface area contributed by atoms with Gasteiger partial charge in [-0.15, -0.1) is 0 Å². The number of nitrogens with zero attached hydrogens (tertiary/aromatic N) is 3. The third kappa shape index (κ3) is 5.25. The Kier molecular flexibility index (Phi) is 6.91. The number of anilines is 1. The van der Waals surface area contributed by atoms with E-state index < -0.39 is 0 Å². The number of benzene rings is 1. The molecule has 1 N–H and O–H groups in total. The van der Waals surface area contributed by atoms with Crippen molar-refractivity contribution < 1.29 is 0 Å². The molecule has 134 valence electrons. The fraction of sp³-hybridized carbons (Fsp3) is 0.400. The zero-order valence-corrected chi connectivity index (χ0v) is 16.6. The molecule has 2 aromatic rings. The van der Waals surface area contributed by atoms with E-state index in [1.807, 2.05) is 12.3 Å². The fourth-order valence-electron chi connectivity index (χ4n) is 2.77. The zero-order chi connectivity index (χ0) is 18.4. The smallest absolute Gasteiger partial charge is 0.173 e. The van der Waals surface area contributed by atoms with Crippen molar-refractivity contribution in [2.45, 2.75) is 26.8 Å². The molecule has 0 aliphatic rings. The maximum absolute atomic E-state index is 5.78. The fourth-order valence-corrected chi connectivity index (χ4v) is 3.12. The lowest BCUT2D eigenvalue weighted by Crippen LogP contribution is -2.41. The normalized spacial score (nSPS) is 12.1. The minimum absolute atomic E-state index is 0.151. The van der Waals surface area contributed by atoms with Crippen LogP contribution in [-0.2, 0) is 0 Å². The van der Waals surface area contributed by atoms with Crippen molar-refractivity contribution in [3.05, 3.63) is 59.4 Å². The van der Waals surface area contributed by atoms with E-state index in [1.54, 1.807) is 6.20 Å². The van der Waals surface area contributed by atoms with E-state index in [9.17, 15) is 0 Å². The first-order chi connectivity index (χ1) is 11.9. The molecule has 0 spiro atoms. The molecule has 25 heavy (non-hydrogen) atoms. The first-order valence-electron chi connectivity index (χ1n) is 8.58. The number of likely N-dealkylation sites (N-methyl/N-ethyl adjacent to an activating group) is 1. The molecule has 0 radical (unpaired) electrons. The van der Waals surface area contributed by atoms with Gasteiger partial charge in [-0.05, 0) is 69.8 Å². The molecular formula is C20H28N4S. The largest absolute Gasteiger partial charge is 0.341 e. The molecule has 1 atom stereocenters. The predicted molar refractivity (Wildman–Crippen MR) is 110 cm³/mol. The average molecular weight is 357 g/mol. The molecule has 1 aromatic heterocycles. The molecule has 2 rings (SSSR count). The van der Waals surface area contributed by atoms with Gasteiger partial charge in [-0.1, -0.05) is 24.3 Å². The monoisotopic (exact) mass is 356 g/mol. The van der Waals surface area contributed by atoms with E-state index in [0.717, 1.165) is 29.5 Å². The number of rotatable bonds is 6. The summed E-state index contributed by atoms with van der Waals surface area (Å²) in [5.74, 6) is 0. The van der Waals surface area contributed by atoms with Gasteiger partial charge in [-0.3, -0.25) is 4.98 Å². The SMILES string of the molecule is Cc1cccc(C)c1NC(=S)N(CCN(C)C)[C@@H](C)c1cccnc1. The molecule has 1 aromatic carbocycles. The molecule has 0 aliphatic carbocycles. The molecule has 5 heteroatoms. The van der Waals surface area contributed by atoms with Gasteiger partial charge in [0.25, 0.3) is 0 Å². The van der Waals surface area contributed by atoms with Gasteiger partial charge in [0.1, 0.15) is 0 Å². The van der Waals surface area contributed by atoms with Gasteiger partial charge in [0.05, 0.1) is 6.04 Å². The number of thiocarbonyl (C=S) groups is 1. The maximum atomic E-state index is 5.78. The van der Waals surface area contributed by atoms with Crippen LogP contribution in [0.5, 0.6) is 0 Å². The van der Waals surface area contributed by atoms with Crippen LogP contribution in [-0.4, -0.2) is 47.1 Å². The number of hydrogen-bond acceptors (Lipinski definition) is 3. The number of hydrogen-bond donors (Lipinski definition) is 1. The van der Waals surface area contributed by atoms with Gasteiger partial charge in [0.2, 0.25) is 0 Å². The van der Waals surface area contributed by atoms with Crippen LogP contribution in [0.2, 0.25) is 0 Å². The van der Waals surface area contributed by atoms with E-state index in [-0.39, 0.29) is 6.04 Å². The second-order valence-electron chi connectivity index (χ2n) is 6.66. The summed E-state index contributed by atoms with van der Waals surface area (Å²) in [6.07, 6.45) is 3.71. The summed E-state index contributed by atoms with van der Waals surface area (Å²) >= 11 is 5.78. The molecule has 0 bridgehead atoms. The lowest BCUT2D eigenvalue weighted by Gasteiger charge is -2.33. The summed E-state index contributed by atoms with van der Waals surface area (Å²) in [7, 11) is 4.16. The first-order valence-corrected chi connectivity index (χ1v) is 8.99. The summed E-state index contributed by atoms with van der Waals surface area (Å²) in [5, 5.41) is 4.22. The number of nitrogens with one attached hydrogen (secondary N) is 1. The van der Waals surface area contributed by atoms with Crippen LogP contribution in [0.15, 0.2) is 42.7 Å². The van der Waals surface area contributed by atoms with Gasteiger partial charge >= 0.3 is 0 Å². The number of para-hydroxylation sites is 1. The van der Waals surface area contributed by atoms with Gasteiger partial charge in [0, 0.05) is 31.2 Å². The van der Waals surface area contributed by atoms with Crippen LogP contribution in [0.3, 0.4) is 0 Å². The Morgan fingerprint density at radius 1 is 1.12 bits per heavy atom. The second-order valence-corrected chi connectivity index (χ2v) is 7.04. The molecule has 4 nitrogen and oxygen atoms in total. The highest BCUT2D eigenvalue weighted by atomic mass is 32.1. The van der Waals surface area contributed by atoms with E-state index in [1.165, 1.54) is 11.1 Å². The highest BCUT2D eigenvalue weighted by Gasteiger charge is 2.20. The third-order valence-electron chi connectivity index (χ3n) is 4.40. The van der Waals surface area contributed by atoms with Crippen LogP contribution in [0.25, 0.3) is 0 Å². The van der Waals surface area contributed by atoms with E-state index in [0.29, 0.717) is 0 Å². The van der Waals surface area contributed by atoms with Crippen molar-refractivity contribution in [3.8, 4) is 0 Å². The van der Waals surface area contributed by atoms with Crippen molar-refractivity contribution >= 4 is 23.0 Å². The number of aryl methyl sites for hydroxylation is 2. The summed E-state index contributed by atoms with van der Waals surface area (Å²) in [4.78, 5) is 8.66. The molecule has 1 heterocycles. The van der Waals surface area contributed by atoms with E-state index in [4.69, 9.17) is 12.2 Å². The quantitative estimate of drug-likeness (QED) is 0.790. The van der Waals surface area contributed by atoms with Crippen molar-refractivity contribution in [3.63, 3.8) is 0 Å². The summed E-state index contributed by atoms with van der Waals surface area (Å²) < 4.78 is 0. The lowest BCUT2D eigenvalue weighted by molar-refractivity contribution is 0.289. The van der Waals surface area contributed by atoms with Crippen LogP contribution < -0.4 is 5.32 Å². The first kappa shape index (κ1) is 19.3. The lowest BCUT2D eigenvalue weighted by atomic mass is 10.1. The molecule has 0 aliphatic heterocycles. The number of pyridine rings is 1. The zero-order valence-electron chi connectivity index (χ0n) is 15.8. The standard InChI is InChI=1S/C20H28N4S/c1-15-8-6-9-16(2)19(15)22-20(25)24(13-12-23(4)5)17(3)18-10-7-11-21-14-18/h6-11,14,17H,12-13H2,1-5H3,(H,22,25)/t17-/m0/s1. The van der Waals surface area contributed by atoms with Crippen LogP contribution >= 0.6 is 12.2 Å². The maximum Gasteiger partial charge on any atom is 0.173 e. The minimum Gasteiger partial charge on any atom is -0.341 e. The molecular weight excluding hydrogens is 328 g/mol. The minimum atomic E-state index is 0.151. The van der Waals surface area contributed by atoms with Gasteiger partial charge in [-0.25, -0.2) is 0 Å². The molecule has 0 saturated heterocycles. The Balaban J connectivity index is 2.23. The van der Waals surface area contributed by atoms with Crippen molar-refractivity contribution in [2.24, 2.45) is 0 Å². The van der Waals surface area contributed by atoms with Crippen molar-refractivity contribution in [1.29, 1.82) is 0 Å². The highest BCUT2D eigenvalue weighted by molar-refractivity contribution is 7.80. The summed E-state index contributed by atoms with van der Waals surface area (Å²) in [5.41, 5.74) is 4.65.